The molecule has 2 aromatic carbocycles. The minimum Gasteiger partial charge on any atom is -0.493 e. The van der Waals surface area contributed by atoms with Crippen LogP contribution in [0.5, 0.6) is 23.0 Å². The second kappa shape index (κ2) is 9.54. The molecule has 0 bridgehead atoms. The van der Waals surface area contributed by atoms with Crippen LogP contribution in [0.15, 0.2) is 42.5 Å². The van der Waals surface area contributed by atoms with Gasteiger partial charge in [0.1, 0.15) is 0 Å². The summed E-state index contributed by atoms with van der Waals surface area (Å²) in [6.07, 6.45) is 9.47. The van der Waals surface area contributed by atoms with Gasteiger partial charge in [0, 0.05) is 0 Å². The standard InChI is InChI=1S/C24H30O4/c1-25-21-13-10-17(15-23(21)27-3)9-11-18-7-5-6-8-20(18)19-12-14-22(26-2)24(16-19)28-4/h9-16,18,20H,5-8H2,1-4H3/b11-9+/t18-,20?/m1/s1. The van der Waals surface area contributed by atoms with Crippen molar-refractivity contribution in [2.75, 3.05) is 28.4 Å². The first-order valence-corrected chi connectivity index (χ1v) is 9.82. The number of hydrogen-bond acceptors (Lipinski definition) is 4. The molecule has 0 amide bonds. The van der Waals surface area contributed by atoms with E-state index in [-0.39, 0.29) is 0 Å². The van der Waals surface area contributed by atoms with Gasteiger partial charge in [-0.25, -0.2) is 0 Å². The molecule has 1 aliphatic carbocycles. The normalized spacial score (nSPS) is 19.4. The van der Waals surface area contributed by atoms with Gasteiger partial charge in [-0.05, 0) is 60.1 Å². The third-order valence-corrected chi connectivity index (χ3v) is 5.60. The first kappa shape index (κ1) is 20.1. The Morgan fingerprint density at radius 3 is 2.00 bits per heavy atom. The van der Waals surface area contributed by atoms with Gasteiger partial charge in [-0.2, -0.15) is 0 Å². The Morgan fingerprint density at radius 1 is 0.714 bits per heavy atom. The maximum absolute atomic E-state index is 5.51. The van der Waals surface area contributed by atoms with Crippen molar-refractivity contribution in [3.8, 4) is 23.0 Å². The largest absolute Gasteiger partial charge is 0.493 e. The Hall–Kier alpha value is -2.62. The summed E-state index contributed by atoms with van der Waals surface area (Å²) in [5.41, 5.74) is 2.44. The summed E-state index contributed by atoms with van der Waals surface area (Å²) in [4.78, 5) is 0. The molecule has 1 aliphatic rings. The lowest BCUT2D eigenvalue weighted by Gasteiger charge is -2.30. The fraction of sp³-hybridized carbons (Fsp3) is 0.417. The van der Waals surface area contributed by atoms with Crippen LogP contribution >= 0.6 is 0 Å². The predicted molar refractivity (Wildman–Crippen MR) is 113 cm³/mol. The highest BCUT2D eigenvalue weighted by Gasteiger charge is 2.25. The summed E-state index contributed by atoms with van der Waals surface area (Å²) in [7, 11) is 6.69. The SMILES string of the molecule is COc1ccc(/C=C/[C@H]2CCCCC2c2ccc(OC)c(OC)c2)cc1OC. The van der Waals surface area contributed by atoms with Crippen LogP contribution in [0.4, 0.5) is 0 Å². The number of ether oxygens (including phenoxy) is 4. The second-order valence-electron chi connectivity index (χ2n) is 7.14. The van der Waals surface area contributed by atoms with E-state index in [4.69, 9.17) is 18.9 Å². The molecule has 0 aromatic heterocycles. The molecule has 1 unspecified atom stereocenters. The van der Waals surface area contributed by atoms with Gasteiger partial charge < -0.3 is 18.9 Å². The Balaban J connectivity index is 1.83. The Kier molecular flexibility index (Phi) is 6.85. The maximum atomic E-state index is 5.51. The third-order valence-electron chi connectivity index (χ3n) is 5.60. The van der Waals surface area contributed by atoms with Crippen LogP contribution in [0.3, 0.4) is 0 Å². The van der Waals surface area contributed by atoms with E-state index in [9.17, 15) is 0 Å². The Labute approximate surface area is 168 Å². The van der Waals surface area contributed by atoms with E-state index >= 15 is 0 Å². The third kappa shape index (κ3) is 4.44. The average Bonchev–Trinajstić information content (AvgIpc) is 2.77. The Bertz CT molecular complexity index is 812. The zero-order chi connectivity index (χ0) is 19.9. The van der Waals surface area contributed by atoms with Crippen LogP contribution in [0, 0.1) is 5.92 Å². The van der Waals surface area contributed by atoms with Crippen LogP contribution < -0.4 is 18.9 Å². The number of methoxy groups -OCH3 is 4. The zero-order valence-electron chi connectivity index (χ0n) is 17.2. The van der Waals surface area contributed by atoms with Crippen molar-refractivity contribution in [1.82, 2.24) is 0 Å². The van der Waals surface area contributed by atoms with Gasteiger partial charge in [0.05, 0.1) is 28.4 Å². The minimum atomic E-state index is 0.491. The van der Waals surface area contributed by atoms with Crippen molar-refractivity contribution in [3.63, 3.8) is 0 Å². The number of benzene rings is 2. The van der Waals surface area contributed by atoms with Crippen molar-refractivity contribution in [3.05, 3.63) is 53.6 Å². The fourth-order valence-electron chi connectivity index (χ4n) is 4.08. The van der Waals surface area contributed by atoms with E-state index < -0.39 is 0 Å². The first-order valence-electron chi connectivity index (χ1n) is 9.82. The second-order valence-corrected chi connectivity index (χ2v) is 7.14. The lowest BCUT2D eigenvalue weighted by atomic mass is 9.75. The molecular weight excluding hydrogens is 352 g/mol. The summed E-state index contributed by atoms with van der Waals surface area (Å²) >= 11 is 0. The Morgan fingerprint density at radius 2 is 1.32 bits per heavy atom. The molecule has 4 heteroatoms. The van der Waals surface area contributed by atoms with Crippen molar-refractivity contribution in [1.29, 1.82) is 0 Å². The predicted octanol–water partition coefficient (Wildman–Crippen LogP) is 5.71. The van der Waals surface area contributed by atoms with Crippen molar-refractivity contribution < 1.29 is 18.9 Å². The van der Waals surface area contributed by atoms with E-state index in [2.05, 4.69) is 30.4 Å². The van der Waals surface area contributed by atoms with Gasteiger partial charge in [0.15, 0.2) is 23.0 Å². The van der Waals surface area contributed by atoms with Gasteiger partial charge in [-0.15, -0.1) is 0 Å². The average molecular weight is 383 g/mol. The van der Waals surface area contributed by atoms with Gasteiger partial charge in [0.2, 0.25) is 0 Å². The van der Waals surface area contributed by atoms with Crippen LogP contribution in [0.25, 0.3) is 6.08 Å². The molecule has 28 heavy (non-hydrogen) atoms. The van der Waals surface area contributed by atoms with Crippen LogP contribution in [0.2, 0.25) is 0 Å². The molecule has 1 fully saturated rings. The zero-order valence-corrected chi connectivity index (χ0v) is 17.2. The van der Waals surface area contributed by atoms with Crippen LogP contribution in [-0.2, 0) is 0 Å². The molecule has 1 saturated carbocycles. The fourth-order valence-corrected chi connectivity index (χ4v) is 4.08. The first-order chi connectivity index (χ1) is 13.7. The molecule has 0 heterocycles. The minimum absolute atomic E-state index is 0.491. The summed E-state index contributed by atoms with van der Waals surface area (Å²) in [5.74, 6) is 4.07. The van der Waals surface area contributed by atoms with E-state index in [0.717, 1.165) is 28.6 Å². The lowest BCUT2D eigenvalue weighted by Crippen LogP contribution is -2.16. The quantitative estimate of drug-likeness (QED) is 0.615. The van der Waals surface area contributed by atoms with E-state index in [1.165, 1.54) is 31.2 Å². The molecule has 4 nitrogen and oxygen atoms in total. The summed E-state index contributed by atoms with van der Waals surface area (Å²) in [5, 5.41) is 0. The molecule has 0 N–H and O–H groups in total. The van der Waals surface area contributed by atoms with Gasteiger partial charge in [0.25, 0.3) is 0 Å². The molecule has 0 saturated heterocycles. The number of rotatable bonds is 7. The van der Waals surface area contributed by atoms with Crippen molar-refractivity contribution in [2.24, 2.45) is 5.92 Å². The summed E-state index contributed by atoms with van der Waals surface area (Å²) in [6.45, 7) is 0. The number of hydrogen-bond donors (Lipinski definition) is 0. The van der Waals surface area contributed by atoms with E-state index in [1.807, 2.05) is 18.2 Å². The smallest absolute Gasteiger partial charge is 0.161 e. The maximum Gasteiger partial charge on any atom is 0.161 e. The molecule has 3 rings (SSSR count). The summed E-state index contributed by atoms with van der Waals surface area (Å²) < 4.78 is 21.7. The molecule has 0 radical (unpaired) electrons. The molecule has 2 aromatic rings. The van der Waals surface area contributed by atoms with Crippen molar-refractivity contribution >= 4 is 6.08 Å². The van der Waals surface area contributed by atoms with E-state index in [1.54, 1.807) is 28.4 Å². The van der Waals surface area contributed by atoms with Crippen LogP contribution in [-0.4, -0.2) is 28.4 Å². The monoisotopic (exact) mass is 382 g/mol. The highest BCUT2D eigenvalue weighted by Crippen LogP contribution is 2.41. The molecule has 150 valence electrons. The van der Waals surface area contributed by atoms with Crippen LogP contribution in [0.1, 0.15) is 42.7 Å². The topological polar surface area (TPSA) is 36.9 Å². The lowest BCUT2D eigenvalue weighted by molar-refractivity contribution is 0.346. The molecule has 0 spiro atoms. The van der Waals surface area contributed by atoms with Gasteiger partial charge in [-0.3, -0.25) is 0 Å². The van der Waals surface area contributed by atoms with Crippen molar-refractivity contribution in [2.45, 2.75) is 31.6 Å². The number of allylic oxidation sites excluding steroid dienone is 1. The summed E-state index contributed by atoms with van der Waals surface area (Å²) in [6, 6.07) is 12.3. The molecule has 2 atom stereocenters. The molecule has 0 aliphatic heterocycles. The highest BCUT2D eigenvalue weighted by atomic mass is 16.5. The highest BCUT2D eigenvalue weighted by molar-refractivity contribution is 5.56. The van der Waals surface area contributed by atoms with Gasteiger partial charge in [-0.1, -0.05) is 37.1 Å². The van der Waals surface area contributed by atoms with E-state index in [0.29, 0.717) is 11.8 Å². The molecular formula is C24H30O4. The van der Waals surface area contributed by atoms with Gasteiger partial charge >= 0.3 is 0 Å².